The molecule has 1 rings (SSSR count). The first-order chi connectivity index (χ1) is 7.60. The summed E-state index contributed by atoms with van der Waals surface area (Å²) in [7, 11) is 0. The predicted octanol–water partition coefficient (Wildman–Crippen LogP) is -0.828. The molecule has 0 radical (unpaired) electrons. The van der Waals surface area contributed by atoms with Gasteiger partial charge >= 0.3 is 4.87 Å². The van der Waals surface area contributed by atoms with E-state index in [4.69, 9.17) is 10.2 Å². The van der Waals surface area contributed by atoms with Gasteiger partial charge in [0.2, 0.25) is 0 Å². The van der Waals surface area contributed by atoms with Crippen molar-refractivity contribution < 1.29 is 15.0 Å². The lowest BCUT2D eigenvalue weighted by molar-refractivity contribution is 0.0688. The summed E-state index contributed by atoms with van der Waals surface area (Å²) in [6.07, 6.45) is 0. The van der Waals surface area contributed by atoms with E-state index in [1.54, 1.807) is 6.92 Å². The fourth-order valence-electron chi connectivity index (χ4n) is 1.31. The highest BCUT2D eigenvalue weighted by Crippen LogP contribution is 2.11. The summed E-state index contributed by atoms with van der Waals surface area (Å²) in [6.45, 7) is 1.57. The van der Waals surface area contributed by atoms with Crippen molar-refractivity contribution in [3.8, 4) is 0 Å². The molecular weight excluding hydrogens is 232 g/mol. The van der Waals surface area contributed by atoms with Gasteiger partial charge < -0.3 is 20.1 Å². The summed E-state index contributed by atoms with van der Waals surface area (Å²) >= 11 is 0.837. The van der Waals surface area contributed by atoms with Gasteiger partial charge in [0.25, 0.3) is 5.91 Å². The number of rotatable bonds is 5. The van der Waals surface area contributed by atoms with Crippen LogP contribution in [0.25, 0.3) is 0 Å². The zero-order chi connectivity index (χ0) is 12.1. The Morgan fingerprint density at radius 2 is 1.94 bits per heavy atom. The molecule has 0 spiro atoms. The molecule has 0 unspecified atom stereocenters. The predicted molar refractivity (Wildman–Crippen MR) is 59.8 cm³/mol. The van der Waals surface area contributed by atoms with E-state index in [0.717, 1.165) is 11.3 Å². The molecule has 0 saturated carbocycles. The number of aromatic amines is 1. The molecule has 0 atom stereocenters. The Kier molecular flexibility index (Phi) is 4.66. The van der Waals surface area contributed by atoms with Crippen LogP contribution in [-0.2, 0) is 0 Å². The number of aryl methyl sites for hydroxylation is 1. The summed E-state index contributed by atoms with van der Waals surface area (Å²) in [5, 5.41) is 17.6. The molecule has 0 aromatic carbocycles. The lowest BCUT2D eigenvalue weighted by Crippen LogP contribution is -2.35. The average molecular weight is 246 g/mol. The number of carbonyl (C=O) groups excluding carboxylic acids is 1. The Labute approximate surface area is 96.2 Å². The first-order valence-corrected chi connectivity index (χ1v) is 5.62. The number of nitrogens with zero attached hydrogens (tertiary/aromatic N) is 1. The van der Waals surface area contributed by atoms with E-state index in [9.17, 15) is 9.59 Å². The lowest BCUT2D eigenvalue weighted by atomic mass is 10.3. The van der Waals surface area contributed by atoms with Gasteiger partial charge in [-0.2, -0.15) is 0 Å². The molecule has 16 heavy (non-hydrogen) atoms. The summed E-state index contributed by atoms with van der Waals surface area (Å²) < 4.78 is 0. The second-order valence-corrected chi connectivity index (χ2v) is 4.19. The lowest BCUT2D eigenvalue weighted by Gasteiger charge is -2.19. The van der Waals surface area contributed by atoms with Crippen LogP contribution in [0, 0.1) is 6.92 Å². The second kappa shape index (κ2) is 5.78. The number of aromatic nitrogens is 1. The molecule has 3 N–H and O–H groups in total. The standard InChI is InChI=1S/C9H14N2O4S/c1-6-7(16-9(15)10-6)8(14)11(2-4-12)3-5-13/h12-13H,2-5H2,1H3,(H,10,15). The quantitative estimate of drug-likeness (QED) is 0.632. The minimum atomic E-state index is -0.344. The molecule has 0 aliphatic heterocycles. The molecule has 1 amide bonds. The molecular formula is C9H14N2O4S. The van der Waals surface area contributed by atoms with Crippen molar-refractivity contribution >= 4 is 17.2 Å². The highest BCUT2D eigenvalue weighted by molar-refractivity contribution is 7.11. The van der Waals surface area contributed by atoms with Crippen LogP contribution in [-0.4, -0.2) is 52.3 Å². The number of thiazole rings is 1. The summed E-state index contributed by atoms with van der Waals surface area (Å²) in [5.41, 5.74) is 0.515. The van der Waals surface area contributed by atoms with E-state index in [2.05, 4.69) is 4.98 Å². The van der Waals surface area contributed by atoms with Gasteiger partial charge in [0.15, 0.2) is 0 Å². The van der Waals surface area contributed by atoms with Gasteiger partial charge in [0.1, 0.15) is 4.88 Å². The molecule has 1 aromatic heterocycles. The van der Waals surface area contributed by atoms with Crippen molar-refractivity contribution in [2.45, 2.75) is 6.92 Å². The largest absolute Gasteiger partial charge is 0.395 e. The first kappa shape index (κ1) is 12.9. The van der Waals surface area contributed by atoms with Crippen molar-refractivity contribution in [3.05, 3.63) is 20.2 Å². The van der Waals surface area contributed by atoms with Crippen molar-refractivity contribution in [1.82, 2.24) is 9.88 Å². The maximum Gasteiger partial charge on any atom is 0.305 e. The van der Waals surface area contributed by atoms with E-state index in [0.29, 0.717) is 10.6 Å². The molecule has 0 aliphatic rings. The average Bonchev–Trinajstić information content (AvgIpc) is 2.56. The number of aliphatic hydroxyl groups is 2. The summed E-state index contributed by atoms with van der Waals surface area (Å²) in [4.78, 5) is 26.8. The molecule has 1 aromatic rings. The third-order valence-corrected chi connectivity index (χ3v) is 3.02. The number of H-pyrrole nitrogens is 1. The topological polar surface area (TPSA) is 93.6 Å². The number of hydrogen-bond acceptors (Lipinski definition) is 5. The highest BCUT2D eigenvalue weighted by atomic mass is 32.1. The third-order valence-electron chi connectivity index (χ3n) is 2.05. The van der Waals surface area contributed by atoms with Gasteiger partial charge in [-0.05, 0) is 6.92 Å². The molecule has 7 heteroatoms. The molecule has 1 heterocycles. The van der Waals surface area contributed by atoms with Crippen molar-refractivity contribution in [1.29, 1.82) is 0 Å². The first-order valence-electron chi connectivity index (χ1n) is 4.81. The zero-order valence-corrected chi connectivity index (χ0v) is 9.71. The van der Waals surface area contributed by atoms with E-state index >= 15 is 0 Å². The van der Waals surface area contributed by atoms with Crippen LogP contribution < -0.4 is 4.87 Å². The Bertz CT molecular complexity index is 406. The second-order valence-electron chi connectivity index (χ2n) is 3.21. The number of amides is 1. The molecule has 0 fully saturated rings. The van der Waals surface area contributed by atoms with Crippen molar-refractivity contribution in [3.63, 3.8) is 0 Å². The number of hydrogen-bond donors (Lipinski definition) is 3. The van der Waals surface area contributed by atoms with Crippen LogP contribution in [0.4, 0.5) is 0 Å². The third kappa shape index (κ3) is 2.91. The highest BCUT2D eigenvalue weighted by Gasteiger charge is 2.19. The van der Waals surface area contributed by atoms with Gasteiger partial charge in [-0.25, -0.2) is 0 Å². The molecule has 90 valence electrons. The van der Waals surface area contributed by atoms with Gasteiger partial charge in [0.05, 0.1) is 13.2 Å². The van der Waals surface area contributed by atoms with Crippen LogP contribution in [0.1, 0.15) is 15.4 Å². The number of aliphatic hydroxyl groups excluding tert-OH is 2. The Morgan fingerprint density at radius 1 is 1.38 bits per heavy atom. The minimum absolute atomic E-state index is 0.144. The molecule has 0 bridgehead atoms. The van der Waals surface area contributed by atoms with E-state index in [-0.39, 0.29) is 37.1 Å². The van der Waals surface area contributed by atoms with E-state index in [1.807, 2.05) is 0 Å². The van der Waals surface area contributed by atoms with Crippen LogP contribution >= 0.6 is 11.3 Å². The maximum atomic E-state index is 11.9. The van der Waals surface area contributed by atoms with Gasteiger partial charge in [0, 0.05) is 18.8 Å². The fraction of sp³-hybridized carbons (Fsp3) is 0.556. The van der Waals surface area contributed by atoms with E-state index < -0.39 is 0 Å². The Balaban J connectivity index is 2.89. The molecule has 0 aliphatic carbocycles. The van der Waals surface area contributed by atoms with Gasteiger partial charge in [-0.15, -0.1) is 0 Å². The Hall–Kier alpha value is -1.18. The van der Waals surface area contributed by atoms with Crippen LogP contribution in [0.2, 0.25) is 0 Å². The fourth-order valence-corrected chi connectivity index (χ4v) is 2.12. The summed E-state index contributed by atoms with van der Waals surface area (Å²) in [6, 6.07) is 0. The molecule has 0 saturated heterocycles. The zero-order valence-electron chi connectivity index (χ0n) is 8.89. The van der Waals surface area contributed by atoms with Crippen molar-refractivity contribution in [2.24, 2.45) is 0 Å². The van der Waals surface area contributed by atoms with Gasteiger partial charge in [-0.1, -0.05) is 11.3 Å². The SMILES string of the molecule is Cc1[nH]c(=O)sc1C(=O)N(CCO)CCO. The number of nitrogens with one attached hydrogen (secondary N) is 1. The van der Waals surface area contributed by atoms with Crippen molar-refractivity contribution in [2.75, 3.05) is 26.3 Å². The maximum absolute atomic E-state index is 11.9. The molecule has 6 nitrogen and oxygen atoms in total. The van der Waals surface area contributed by atoms with E-state index in [1.165, 1.54) is 4.90 Å². The summed E-state index contributed by atoms with van der Waals surface area (Å²) in [5.74, 6) is -0.344. The Morgan fingerprint density at radius 3 is 2.31 bits per heavy atom. The van der Waals surface area contributed by atoms with Crippen LogP contribution in [0.3, 0.4) is 0 Å². The van der Waals surface area contributed by atoms with Crippen LogP contribution in [0.15, 0.2) is 4.79 Å². The smallest absolute Gasteiger partial charge is 0.305 e. The minimum Gasteiger partial charge on any atom is -0.395 e. The number of carbonyl (C=O) groups is 1. The van der Waals surface area contributed by atoms with Crippen LogP contribution in [0.5, 0.6) is 0 Å². The monoisotopic (exact) mass is 246 g/mol. The van der Waals surface area contributed by atoms with Gasteiger partial charge in [-0.3, -0.25) is 9.59 Å². The normalized spacial score (nSPS) is 10.4.